The molecule has 4 aromatic rings. The van der Waals surface area contributed by atoms with Gasteiger partial charge in [-0.15, -0.1) is 23.1 Å². The fourth-order valence-electron chi connectivity index (χ4n) is 4.82. The van der Waals surface area contributed by atoms with E-state index < -0.39 is 0 Å². The Hall–Kier alpha value is -3.60. The lowest BCUT2D eigenvalue weighted by molar-refractivity contribution is -0.115. The number of carbonyl (C=O) groups excluding carboxylic acids is 2. The molecule has 5 rings (SSSR count). The van der Waals surface area contributed by atoms with Crippen molar-refractivity contribution in [3.8, 4) is 6.07 Å². The molecule has 5 nitrogen and oxygen atoms in total. The Morgan fingerprint density at radius 3 is 2.68 bits per heavy atom. The summed E-state index contributed by atoms with van der Waals surface area (Å²) in [5.41, 5.74) is 3.01. The second-order valence-corrected chi connectivity index (χ2v) is 12.1. The van der Waals surface area contributed by atoms with Crippen LogP contribution in [0.4, 0.5) is 10.7 Å². The lowest BCUT2D eigenvalue weighted by Gasteiger charge is -2.17. The van der Waals surface area contributed by atoms with Crippen molar-refractivity contribution in [3.63, 3.8) is 0 Å². The number of amides is 2. The number of thioether (sulfide) groups is 1. The molecule has 0 bridgehead atoms. The molecule has 2 atom stereocenters. The molecular weight excluding hydrogens is 510 g/mol. The van der Waals surface area contributed by atoms with Crippen molar-refractivity contribution in [1.29, 1.82) is 5.26 Å². The highest BCUT2D eigenvalue weighted by atomic mass is 32.2. The number of rotatable bonds is 7. The summed E-state index contributed by atoms with van der Waals surface area (Å²) in [6.45, 7) is 4.21. The largest absolute Gasteiger partial charge is 0.322 e. The fourth-order valence-corrected chi connectivity index (χ4v) is 7.19. The van der Waals surface area contributed by atoms with E-state index in [0.717, 1.165) is 40.5 Å². The molecule has 1 aliphatic carbocycles. The van der Waals surface area contributed by atoms with Crippen LogP contribution in [0.15, 0.2) is 71.6 Å². The van der Waals surface area contributed by atoms with Crippen molar-refractivity contribution in [1.82, 2.24) is 0 Å². The molecule has 0 radical (unpaired) electrons. The molecule has 0 aliphatic heterocycles. The van der Waals surface area contributed by atoms with Crippen LogP contribution in [-0.4, -0.2) is 17.1 Å². The Kier molecular flexibility index (Phi) is 7.82. The highest BCUT2D eigenvalue weighted by Crippen LogP contribution is 2.40. The standard InChI is InChI=1S/C31H29N3O2S2/c1-3-27(30(36)34-31-26(18-32)25-14-11-19(2)15-28(25)38-31)37-24-10-6-9-23(17-24)33-29(35)22-13-12-20-7-4-5-8-21(20)16-22/h4-10,12-13,16-17,19,27H,3,11,14-15H2,1-2H3,(H,33,35)(H,34,36). The van der Waals surface area contributed by atoms with Gasteiger partial charge in [0, 0.05) is 21.0 Å². The van der Waals surface area contributed by atoms with Gasteiger partial charge in [0.15, 0.2) is 0 Å². The minimum absolute atomic E-state index is 0.105. The van der Waals surface area contributed by atoms with E-state index in [1.54, 1.807) is 11.3 Å². The minimum Gasteiger partial charge on any atom is -0.322 e. The van der Waals surface area contributed by atoms with E-state index >= 15 is 0 Å². The first-order valence-electron chi connectivity index (χ1n) is 12.9. The molecule has 1 heterocycles. The molecule has 1 aliphatic rings. The zero-order valence-corrected chi connectivity index (χ0v) is 23.0. The molecule has 2 amide bonds. The number of benzene rings is 3. The van der Waals surface area contributed by atoms with E-state index in [1.165, 1.54) is 16.6 Å². The third-order valence-corrected chi connectivity index (χ3v) is 9.43. The number of anilines is 2. The molecule has 0 fully saturated rings. The molecular formula is C31H29N3O2S2. The van der Waals surface area contributed by atoms with Gasteiger partial charge < -0.3 is 10.6 Å². The third-order valence-electron chi connectivity index (χ3n) is 6.91. The summed E-state index contributed by atoms with van der Waals surface area (Å²) in [4.78, 5) is 28.3. The van der Waals surface area contributed by atoms with E-state index in [9.17, 15) is 14.9 Å². The van der Waals surface area contributed by atoms with Crippen molar-refractivity contribution in [2.24, 2.45) is 5.92 Å². The van der Waals surface area contributed by atoms with Crippen LogP contribution in [0, 0.1) is 17.2 Å². The minimum atomic E-state index is -0.328. The Morgan fingerprint density at radius 2 is 1.89 bits per heavy atom. The van der Waals surface area contributed by atoms with Gasteiger partial charge in [-0.25, -0.2) is 0 Å². The molecule has 0 saturated carbocycles. The van der Waals surface area contributed by atoms with Crippen molar-refractivity contribution in [2.75, 3.05) is 10.6 Å². The van der Waals surface area contributed by atoms with Crippen LogP contribution in [-0.2, 0) is 17.6 Å². The summed E-state index contributed by atoms with van der Waals surface area (Å²) in [5.74, 6) is 0.318. The van der Waals surface area contributed by atoms with E-state index in [4.69, 9.17) is 0 Å². The summed E-state index contributed by atoms with van der Waals surface area (Å²) in [7, 11) is 0. The molecule has 1 aromatic heterocycles. The molecule has 2 unspecified atom stereocenters. The Labute approximate surface area is 231 Å². The average Bonchev–Trinajstić information content (AvgIpc) is 3.27. The number of hydrogen-bond donors (Lipinski definition) is 2. The Bertz CT molecular complexity index is 1550. The molecule has 192 valence electrons. The highest BCUT2D eigenvalue weighted by Gasteiger charge is 2.26. The number of fused-ring (bicyclic) bond motifs is 2. The first kappa shape index (κ1) is 26.0. The normalized spacial score (nSPS) is 15.3. The predicted octanol–water partition coefficient (Wildman–Crippen LogP) is 7.66. The smallest absolute Gasteiger partial charge is 0.255 e. The molecule has 2 N–H and O–H groups in total. The van der Waals surface area contributed by atoms with Crippen molar-refractivity contribution in [2.45, 2.75) is 49.7 Å². The molecule has 38 heavy (non-hydrogen) atoms. The van der Waals surface area contributed by atoms with E-state index in [2.05, 4.69) is 23.6 Å². The summed E-state index contributed by atoms with van der Waals surface area (Å²) in [6, 6.07) is 23.5. The van der Waals surface area contributed by atoms with Gasteiger partial charge in [-0.05, 0) is 78.3 Å². The lowest BCUT2D eigenvalue weighted by Crippen LogP contribution is -2.24. The zero-order valence-electron chi connectivity index (χ0n) is 21.4. The second kappa shape index (κ2) is 11.4. The van der Waals surface area contributed by atoms with Gasteiger partial charge in [0.05, 0.1) is 10.8 Å². The topological polar surface area (TPSA) is 82.0 Å². The quantitative estimate of drug-likeness (QED) is 0.236. The van der Waals surface area contributed by atoms with Crippen molar-refractivity contribution < 1.29 is 9.59 Å². The number of hydrogen-bond acceptors (Lipinski definition) is 5. The number of nitrogens with one attached hydrogen (secondary N) is 2. The Morgan fingerprint density at radius 1 is 1.08 bits per heavy atom. The number of nitrogens with zero attached hydrogens (tertiary/aromatic N) is 1. The summed E-state index contributed by atoms with van der Waals surface area (Å²) >= 11 is 3.01. The van der Waals surface area contributed by atoms with Gasteiger partial charge >= 0.3 is 0 Å². The number of thiophene rings is 1. The van der Waals surface area contributed by atoms with Crippen LogP contribution in [0.3, 0.4) is 0 Å². The average molecular weight is 540 g/mol. The Balaban J connectivity index is 1.27. The first-order valence-corrected chi connectivity index (χ1v) is 14.6. The SMILES string of the molecule is CCC(Sc1cccc(NC(=O)c2ccc3ccccc3c2)c1)C(=O)Nc1sc2c(c1C#N)CCC(C)C2. The zero-order chi connectivity index (χ0) is 26.6. The van der Waals surface area contributed by atoms with Crippen molar-refractivity contribution in [3.05, 3.63) is 88.3 Å². The summed E-state index contributed by atoms with van der Waals surface area (Å²) < 4.78 is 0. The van der Waals surface area contributed by atoms with Crippen LogP contribution in [0.5, 0.6) is 0 Å². The first-order chi connectivity index (χ1) is 18.4. The second-order valence-electron chi connectivity index (χ2n) is 9.72. The van der Waals surface area contributed by atoms with Crippen LogP contribution < -0.4 is 10.6 Å². The summed E-state index contributed by atoms with van der Waals surface area (Å²) in [5, 5.41) is 18.3. The van der Waals surface area contributed by atoms with E-state index in [1.807, 2.05) is 73.7 Å². The maximum Gasteiger partial charge on any atom is 0.255 e. The molecule has 7 heteroatoms. The van der Waals surface area contributed by atoms with Gasteiger partial charge in [0.1, 0.15) is 11.1 Å². The van der Waals surface area contributed by atoms with Crippen LogP contribution in [0.25, 0.3) is 10.8 Å². The van der Waals surface area contributed by atoms with E-state index in [0.29, 0.717) is 34.2 Å². The van der Waals surface area contributed by atoms with Gasteiger partial charge in [-0.1, -0.05) is 50.2 Å². The van der Waals surface area contributed by atoms with Gasteiger partial charge in [0.25, 0.3) is 5.91 Å². The lowest BCUT2D eigenvalue weighted by atomic mass is 9.88. The van der Waals surface area contributed by atoms with Gasteiger partial charge in [-0.3, -0.25) is 9.59 Å². The van der Waals surface area contributed by atoms with Crippen LogP contribution >= 0.6 is 23.1 Å². The third kappa shape index (κ3) is 5.62. The monoisotopic (exact) mass is 539 g/mol. The predicted molar refractivity (Wildman–Crippen MR) is 157 cm³/mol. The summed E-state index contributed by atoms with van der Waals surface area (Å²) in [6.07, 6.45) is 3.57. The fraction of sp³-hybridized carbons (Fsp3) is 0.258. The molecule has 0 spiro atoms. The highest BCUT2D eigenvalue weighted by molar-refractivity contribution is 8.00. The maximum atomic E-state index is 13.2. The van der Waals surface area contributed by atoms with Crippen molar-refractivity contribution >= 4 is 56.4 Å². The van der Waals surface area contributed by atoms with Gasteiger partial charge in [-0.2, -0.15) is 5.26 Å². The number of nitriles is 1. The van der Waals surface area contributed by atoms with Gasteiger partial charge in [0.2, 0.25) is 5.91 Å². The molecule has 3 aromatic carbocycles. The number of carbonyl (C=O) groups is 2. The maximum absolute atomic E-state index is 13.2. The molecule has 0 saturated heterocycles. The van der Waals surface area contributed by atoms with Crippen LogP contribution in [0.1, 0.15) is 53.1 Å². The van der Waals surface area contributed by atoms with Crippen LogP contribution in [0.2, 0.25) is 0 Å². The van der Waals surface area contributed by atoms with E-state index in [-0.39, 0.29) is 17.1 Å².